The summed E-state index contributed by atoms with van der Waals surface area (Å²) in [7, 11) is 0. The average Bonchev–Trinajstić information content (AvgIpc) is 2.16. The van der Waals surface area contributed by atoms with Crippen LogP contribution < -0.4 is 10.9 Å². The molecule has 1 aliphatic heterocycles. The van der Waals surface area contributed by atoms with E-state index in [9.17, 15) is 9.59 Å². The highest BCUT2D eigenvalue weighted by Crippen LogP contribution is 2.09. The van der Waals surface area contributed by atoms with E-state index in [2.05, 4.69) is 15.6 Å². The zero-order valence-corrected chi connectivity index (χ0v) is 9.83. The summed E-state index contributed by atoms with van der Waals surface area (Å²) in [5.41, 5.74) is 4.93. The van der Waals surface area contributed by atoms with Gasteiger partial charge in [-0.25, -0.2) is 15.0 Å². The molecule has 1 unspecified atom stereocenters. The van der Waals surface area contributed by atoms with E-state index in [0.717, 1.165) is 13.0 Å². The standard InChI is InChI=1S/C10H18N2O4/c1-10(2,3)16-9(14)15-8(13)7-5-4-6-11-12-7/h7,11-12H,4-6H2,1-3H3. The fraction of sp³-hybridized carbons (Fsp3) is 0.800. The van der Waals surface area contributed by atoms with Crippen LogP contribution >= 0.6 is 0 Å². The predicted molar refractivity (Wildman–Crippen MR) is 56.5 cm³/mol. The molecule has 1 atom stereocenters. The lowest BCUT2D eigenvalue weighted by molar-refractivity contribution is -0.144. The number of carbonyl (C=O) groups excluding carboxylic acids is 2. The molecule has 16 heavy (non-hydrogen) atoms. The van der Waals surface area contributed by atoms with Gasteiger partial charge in [0.05, 0.1) is 0 Å². The topological polar surface area (TPSA) is 76.7 Å². The fourth-order valence-electron chi connectivity index (χ4n) is 1.26. The second-order valence-corrected chi connectivity index (χ2v) is 4.65. The molecule has 1 fully saturated rings. The molecule has 2 N–H and O–H groups in total. The summed E-state index contributed by atoms with van der Waals surface area (Å²) in [4.78, 5) is 22.7. The van der Waals surface area contributed by atoms with E-state index < -0.39 is 23.8 Å². The average molecular weight is 230 g/mol. The number of nitrogens with one attached hydrogen (secondary N) is 2. The molecule has 0 aliphatic carbocycles. The van der Waals surface area contributed by atoms with Crippen molar-refractivity contribution in [3.8, 4) is 0 Å². The van der Waals surface area contributed by atoms with Gasteiger partial charge in [0.2, 0.25) is 0 Å². The van der Waals surface area contributed by atoms with Crippen molar-refractivity contribution < 1.29 is 19.1 Å². The normalized spacial score (nSPS) is 21.3. The van der Waals surface area contributed by atoms with Crippen LogP contribution in [0.5, 0.6) is 0 Å². The van der Waals surface area contributed by atoms with Crippen molar-refractivity contribution in [1.82, 2.24) is 10.9 Å². The molecule has 1 heterocycles. The summed E-state index contributed by atoms with van der Waals surface area (Å²) in [6.07, 6.45) is 0.556. The molecule has 6 nitrogen and oxygen atoms in total. The largest absolute Gasteiger partial charge is 0.516 e. The van der Waals surface area contributed by atoms with Crippen LogP contribution in [0.1, 0.15) is 33.6 Å². The summed E-state index contributed by atoms with van der Waals surface area (Å²) in [5, 5.41) is 0. The number of rotatable bonds is 1. The maximum Gasteiger partial charge on any atom is 0.516 e. The Balaban J connectivity index is 2.35. The lowest BCUT2D eigenvalue weighted by Gasteiger charge is -2.23. The Hall–Kier alpha value is -1.14. The van der Waals surface area contributed by atoms with Gasteiger partial charge >= 0.3 is 12.1 Å². The Morgan fingerprint density at radius 2 is 2.00 bits per heavy atom. The molecular weight excluding hydrogens is 212 g/mol. The van der Waals surface area contributed by atoms with Crippen LogP contribution in [-0.4, -0.2) is 30.3 Å². The van der Waals surface area contributed by atoms with Gasteiger partial charge in [-0.05, 0) is 33.6 Å². The second-order valence-electron chi connectivity index (χ2n) is 4.65. The summed E-state index contributed by atoms with van der Waals surface area (Å²) in [5.74, 6) is -0.610. The molecule has 0 aromatic rings. The van der Waals surface area contributed by atoms with Gasteiger partial charge in [-0.3, -0.25) is 5.43 Å². The minimum Gasteiger partial charge on any atom is -0.428 e. The highest BCUT2D eigenvalue weighted by atomic mass is 16.7. The van der Waals surface area contributed by atoms with Crippen LogP contribution in [0.2, 0.25) is 0 Å². The molecular formula is C10H18N2O4. The lowest BCUT2D eigenvalue weighted by Crippen LogP contribution is -2.50. The molecule has 0 radical (unpaired) electrons. The molecule has 1 saturated heterocycles. The van der Waals surface area contributed by atoms with Gasteiger partial charge in [-0.1, -0.05) is 0 Å². The van der Waals surface area contributed by atoms with Gasteiger partial charge in [0.1, 0.15) is 11.6 Å². The van der Waals surface area contributed by atoms with Crippen LogP contribution in [0.3, 0.4) is 0 Å². The molecule has 0 aromatic carbocycles. The smallest absolute Gasteiger partial charge is 0.428 e. The predicted octanol–water partition coefficient (Wildman–Crippen LogP) is 0.721. The van der Waals surface area contributed by atoms with E-state index in [1.54, 1.807) is 20.8 Å². The zero-order valence-electron chi connectivity index (χ0n) is 9.83. The van der Waals surface area contributed by atoms with Crippen LogP contribution in [0.25, 0.3) is 0 Å². The van der Waals surface area contributed by atoms with Crippen molar-refractivity contribution in [2.45, 2.75) is 45.3 Å². The summed E-state index contributed by atoms with van der Waals surface area (Å²) >= 11 is 0. The van der Waals surface area contributed by atoms with Crippen LogP contribution in [0.15, 0.2) is 0 Å². The monoisotopic (exact) mass is 230 g/mol. The second kappa shape index (κ2) is 5.27. The lowest BCUT2D eigenvalue weighted by atomic mass is 10.1. The first kappa shape index (κ1) is 12.9. The molecule has 1 rings (SSSR count). The zero-order chi connectivity index (χ0) is 12.2. The Kier molecular flexibility index (Phi) is 4.26. The first-order valence-electron chi connectivity index (χ1n) is 5.31. The van der Waals surface area contributed by atoms with E-state index in [1.807, 2.05) is 0 Å². The number of hydrogen-bond acceptors (Lipinski definition) is 6. The van der Waals surface area contributed by atoms with Crippen LogP contribution in [0, 0.1) is 0 Å². The summed E-state index contributed by atoms with van der Waals surface area (Å²) < 4.78 is 9.43. The highest BCUT2D eigenvalue weighted by Gasteiger charge is 2.26. The van der Waals surface area contributed by atoms with Crippen molar-refractivity contribution in [1.29, 1.82) is 0 Å². The number of ether oxygens (including phenoxy) is 2. The molecule has 0 spiro atoms. The molecule has 0 amide bonds. The Morgan fingerprint density at radius 3 is 2.50 bits per heavy atom. The van der Waals surface area contributed by atoms with Gasteiger partial charge in [0, 0.05) is 6.54 Å². The first-order valence-corrected chi connectivity index (χ1v) is 5.31. The Labute approximate surface area is 94.6 Å². The third kappa shape index (κ3) is 4.59. The van der Waals surface area contributed by atoms with Gasteiger partial charge in [-0.2, -0.15) is 0 Å². The van der Waals surface area contributed by atoms with Gasteiger partial charge in [-0.15, -0.1) is 0 Å². The number of esters is 1. The third-order valence-electron chi connectivity index (χ3n) is 1.93. The van der Waals surface area contributed by atoms with E-state index in [0.29, 0.717) is 6.42 Å². The van der Waals surface area contributed by atoms with Gasteiger partial charge in [0.15, 0.2) is 0 Å². The molecule has 1 aliphatic rings. The Bertz CT molecular complexity index is 266. The summed E-state index contributed by atoms with van der Waals surface area (Å²) in [6.45, 7) is 5.92. The first-order chi connectivity index (χ1) is 7.38. The van der Waals surface area contributed by atoms with E-state index >= 15 is 0 Å². The quantitative estimate of drug-likeness (QED) is 0.510. The van der Waals surface area contributed by atoms with Crippen molar-refractivity contribution in [2.75, 3.05) is 6.54 Å². The van der Waals surface area contributed by atoms with Crippen molar-refractivity contribution in [3.63, 3.8) is 0 Å². The minimum absolute atomic E-state index is 0.485. The van der Waals surface area contributed by atoms with Crippen LogP contribution in [0.4, 0.5) is 4.79 Å². The number of carbonyl (C=O) groups is 2. The molecule has 92 valence electrons. The number of hydrazine groups is 1. The molecule has 6 heteroatoms. The highest BCUT2D eigenvalue weighted by molar-refractivity contribution is 5.85. The SMILES string of the molecule is CC(C)(C)OC(=O)OC(=O)C1CCCNN1. The third-order valence-corrected chi connectivity index (χ3v) is 1.93. The van der Waals surface area contributed by atoms with Crippen LogP contribution in [-0.2, 0) is 14.3 Å². The van der Waals surface area contributed by atoms with E-state index in [4.69, 9.17) is 4.74 Å². The summed E-state index contributed by atoms with van der Waals surface area (Å²) in [6, 6.07) is -0.485. The van der Waals surface area contributed by atoms with Gasteiger partial charge in [0.25, 0.3) is 0 Å². The molecule has 0 saturated carbocycles. The number of hydrogen-bond donors (Lipinski definition) is 2. The van der Waals surface area contributed by atoms with Crippen molar-refractivity contribution in [2.24, 2.45) is 0 Å². The molecule has 0 bridgehead atoms. The molecule has 0 aromatic heterocycles. The van der Waals surface area contributed by atoms with E-state index in [-0.39, 0.29) is 0 Å². The maximum absolute atomic E-state index is 11.5. The van der Waals surface area contributed by atoms with Crippen molar-refractivity contribution >= 4 is 12.1 Å². The van der Waals surface area contributed by atoms with E-state index in [1.165, 1.54) is 0 Å². The maximum atomic E-state index is 11.5. The Morgan fingerprint density at radius 1 is 1.31 bits per heavy atom. The van der Waals surface area contributed by atoms with Gasteiger partial charge < -0.3 is 9.47 Å². The van der Waals surface area contributed by atoms with Crippen molar-refractivity contribution in [3.05, 3.63) is 0 Å². The minimum atomic E-state index is -0.954. The fourth-order valence-corrected chi connectivity index (χ4v) is 1.26.